The number of aliphatic carboxylic acids is 1. The van der Waals surface area contributed by atoms with Crippen molar-refractivity contribution in [2.24, 2.45) is 5.92 Å². The first-order valence-electron chi connectivity index (χ1n) is 6.75. The average molecular weight is 272 g/mol. The highest BCUT2D eigenvalue weighted by Gasteiger charge is 2.30. The Balaban J connectivity index is 2.27. The molecule has 110 valence electrons. The molecule has 0 spiro atoms. The predicted molar refractivity (Wildman–Crippen MR) is 71.0 cm³/mol. The van der Waals surface area contributed by atoms with Gasteiger partial charge in [0.05, 0.1) is 11.5 Å². The van der Waals surface area contributed by atoms with Crippen LogP contribution in [0.3, 0.4) is 0 Å². The van der Waals surface area contributed by atoms with Crippen LogP contribution in [0.4, 0.5) is 4.79 Å². The third-order valence-electron chi connectivity index (χ3n) is 3.33. The molecule has 1 aliphatic rings. The van der Waals surface area contributed by atoms with Crippen molar-refractivity contribution in [2.45, 2.75) is 51.7 Å². The molecule has 0 aliphatic heterocycles. The zero-order chi connectivity index (χ0) is 14.5. The van der Waals surface area contributed by atoms with Gasteiger partial charge in [0.25, 0.3) is 0 Å². The number of carboxylic acids is 1. The lowest BCUT2D eigenvalue weighted by Gasteiger charge is -2.25. The molecule has 0 aromatic rings. The molecule has 0 radical (unpaired) electrons. The molecule has 2 unspecified atom stereocenters. The van der Waals surface area contributed by atoms with Crippen molar-refractivity contribution in [3.8, 4) is 0 Å². The topological polar surface area (TPSA) is 87.7 Å². The zero-order valence-electron chi connectivity index (χ0n) is 11.9. The largest absolute Gasteiger partial charge is 0.481 e. The van der Waals surface area contributed by atoms with Crippen LogP contribution in [0.15, 0.2) is 0 Å². The van der Waals surface area contributed by atoms with E-state index in [1.54, 1.807) is 0 Å². The summed E-state index contributed by atoms with van der Waals surface area (Å²) >= 11 is 0. The molecule has 3 N–H and O–H groups in total. The van der Waals surface area contributed by atoms with Crippen LogP contribution in [-0.4, -0.2) is 41.9 Å². The van der Waals surface area contributed by atoms with Crippen LogP contribution in [0, 0.1) is 5.92 Å². The molecule has 2 atom stereocenters. The van der Waals surface area contributed by atoms with Gasteiger partial charge < -0.3 is 20.5 Å². The van der Waals surface area contributed by atoms with Gasteiger partial charge in [-0.1, -0.05) is 0 Å². The van der Waals surface area contributed by atoms with E-state index >= 15 is 0 Å². The van der Waals surface area contributed by atoms with Crippen molar-refractivity contribution in [1.29, 1.82) is 0 Å². The van der Waals surface area contributed by atoms with E-state index < -0.39 is 11.6 Å². The summed E-state index contributed by atoms with van der Waals surface area (Å²) in [4.78, 5) is 22.5. The quantitative estimate of drug-likeness (QED) is 0.681. The van der Waals surface area contributed by atoms with Crippen LogP contribution in [0.5, 0.6) is 0 Å². The second-order valence-electron chi connectivity index (χ2n) is 5.56. The van der Waals surface area contributed by atoms with Crippen molar-refractivity contribution in [3.05, 3.63) is 0 Å². The van der Waals surface area contributed by atoms with E-state index in [2.05, 4.69) is 10.6 Å². The van der Waals surface area contributed by atoms with Crippen LogP contribution >= 0.6 is 0 Å². The molecule has 0 heterocycles. The average Bonchev–Trinajstić information content (AvgIpc) is 2.75. The first kappa shape index (κ1) is 15.8. The number of carboxylic acid groups (broad SMARTS) is 1. The minimum Gasteiger partial charge on any atom is -0.481 e. The Kier molecular flexibility index (Phi) is 5.60. The van der Waals surface area contributed by atoms with Crippen molar-refractivity contribution in [3.63, 3.8) is 0 Å². The van der Waals surface area contributed by atoms with Crippen LogP contribution in [0.25, 0.3) is 0 Å². The summed E-state index contributed by atoms with van der Waals surface area (Å²) in [6.07, 6.45) is 1.86. The Bertz CT molecular complexity index is 331. The SMILES string of the molecule is CCOC(C)(C)CNC(=O)NC1CCC(C(=O)O)C1. The maximum absolute atomic E-state index is 11.7. The molecule has 1 fully saturated rings. The Morgan fingerprint density at radius 2 is 2.05 bits per heavy atom. The monoisotopic (exact) mass is 272 g/mol. The van der Waals surface area contributed by atoms with Crippen LogP contribution in [-0.2, 0) is 9.53 Å². The fourth-order valence-corrected chi connectivity index (χ4v) is 2.31. The molecule has 0 aromatic heterocycles. The van der Waals surface area contributed by atoms with Crippen molar-refractivity contribution < 1.29 is 19.4 Å². The number of carbonyl (C=O) groups excluding carboxylic acids is 1. The summed E-state index contributed by atoms with van der Waals surface area (Å²) in [6, 6.07) is -0.305. The molecule has 1 saturated carbocycles. The van der Waals surface area contributed by atoms with Crippen molar-refractivity contribution in [2.75, 3.05) is 13.2 Å². The second kappa shape index (κ2) is 6.75. The second-order valence-corrected chi connectivity index (χ2v) is 5.56. The molecule has 1 aliphatic carbocycles. The summed E-state index contributed by atoms with van der Waals surface area (Å²) in [6.45, 7) is 6.74. The van der Waals surface area contributed by atoms with E-state index in [1.807, 2.05) is 20.8 Å². The van der Waals surface area contributed by atoms with E-state index in [1.165, 1.54) is 0 Å². The van der Waals surface area contributed by atoms with Gasteiger partial charge in [-0.25, -0.2) is 4.79 Å². The zero-order valence-corrected chi connectivity index (χ0v) is 11.9. The van der Waals surface area contributed by atoms with Gasteiger partial charge in [-0.3, -0.25) is 4.79 Å². The van der Waals surface area contributed by atoms with Crippen LogP contribution in [0.1, 0.15) is 40.0 Å². The van der Waals surface area contributed by atoms with Crippen LogP contribution < -0.4 is 10.6 Å². The van der Waals surface area contributed by atoms with Gasteiger partial charge >= 0.3 is 12.0 Å². The van der Waals surface area contributed by atoms with E-state index in [4.69, 9.17) is 9.84 Å². The van der Waals surface area contributed by atoms with E-state index in [0.29, 0.717) is 26.0 Å². The van der Waals surface area contributed by atoms with Gasteiger partial charge in [0, 0.05) is 19.2 Å². The lowest BCUT2D eigenvalue weighted by Crippen LogP contribution is -2.47. The van der Waals surface area contributed by atoms with Gasteiger partial charge in [-0.2, -0.15) is 0 Å². The van der Waals surface area contributed by atoms with Gasteiger partial charge in [0.15, 0.2) is 0 Å². The van der Waals surface area contributed by atoms with E-state index in [0.717, 1.165) is 6.42 Å². The molecule has 0 aromatic carbocycles. The standard InChI is InChI=1S/C13H24N2O4/c1-4-19-13(2,3)8-14-12(18)15-10-6-5-9(7-10)11(16)17/h9-10H,4-8H2,1-3H3,(H,16,17)(H2,14,15,18). The molecular formula is C13H24N2O4. The summed E-state index contributed by atoms with van der Waals surface area (Å²) in [5, 5.41) is 14.5. The third-order valence-corrected chi connectivity index (χ3v) is 3.33. The predicted octanol–water partition coefficient (Wildman–Crippen LogP) is 1.35. The number of ether oxygens (including phenoxy) is 1. The van der Waals surface area contributed by atoms with E-state index in [9.17, 15) is 9.59 Å². The number of rotatable bonds is 6. The molecule has 19 heavy (non-hydrogen) atoms. The molecule has 6 heteroatoms. The molecule has 0 bridgehead atoms. The normalized spacial score (nSPS) is 23.1. The fraction of sp³-hybridized carbons (Fsp3) is 0.846. The maximum atomic E-state index is 11.7. The summed E-state index contributed by atoms with van der Waals surface area (Å²) in [7, 11) is 0. The highest BCUT2D eigenvalue weighted by atomic mass is 16.5. The maximum Gasteiger partial charge on any atom is 0.315 e. The van der Waals surface area contributed by atoms with Crippen LogP contribution in [0.2, 0.25) is 0 Å². The fourth-order valence-electron chi connectivity index (χ4n) is 2.31. The van der Waals surface area contributed by atoms with Crippen molar-refractivity contribution >= 4 is 12.0 Å². The Hall–Kier alpha value is -1.30. The van der Waals surface area contributed by atoms with E-state index in [-0.39, 0.29) is 18.0 Å². The van der Waals surface area contributed by atoms with Gasteiger partial charge in [-0.05, 0) is 40.0 Å². The molecule has 1 rings (SSSR count). The number of urea groups is 1. The van der Waals surface area contributed by atoms with Crippen molar-refractivity contribution in [1.82, 2.24) is 10.6 Å². The van der Waals surface area contributed by atoms with Gasteiger partial charge in [0.1, 0.15) is 0 Å². The Labute approximate surface area is 113 Å². The molecule has 2 amide bonds. The number of hydrogen-bond acceptors (Lipinski definition) is 3. The minimum atomic E-state index is -0.776. The Morgan fingerprint density at radius 1 is 1.37 bits per heavy atom. The minimum absolute atomic E-state index is 0.0451. The summed E-state index contributed by atoms with van der Waals surface area (Å²) in [5.41, 5.74) is -0.397. The smallest absolute Gasteiger partial charge is 0.315 e. The molecule has 6 nitrogen and oxygen atoms in total. The number of carbonyl (C=O) groups is 2. The number of nitrogens with one attached hydrogen (secondary N) is 2. The lowest BCUT2D eigenvalue weighted by molar-refractivity contribution is -0.141. The van der Waals surface area contributed by atoms with Gasteiger partial charge in [-0.15, -0.1) is 0 Å². The lowest BCUT2D eigenvalue weighted by atomic mass is 10.1. The molecular weight excluding hydrogens is 248 g/mol. The first-order chi connectivity index (χ1) is 8.84. The highest BCUT2D eigenvalue weighted by molar-refractivity contribution is 5.75. The van der Waals surface area contributed by atoms with Gasteiger partial charge in [0.2, 0.25) is 0 Å². The molecule has 0 saturated heterocycles. The first-order valence-corrected chi connectivity index (χ1v) is 6.75. The highest BCUT2D eigenvalue weighted by Crippen LogP contribution is 2.25. The number of hydrogen-bond donors (Lipinski definition) is 3. The third kappa shape index (κ3) is 5.46. The summed E-state index contributed by atoms with van der Waals surface area (Å²) in [5.74, 6) is -1.10. The Morgan fingerprint density at radius 3 is 2.58 bits per heavy atom. The summed E-state index contributed by atoms with van der Waals surface area (Å²) < 4.78 is 5.48. The number of amides is 2.